The van der Waals surface area contributed by atoms with Crippen molar-refractivity contribution >= 4 is 22.3 Å². The van der Waals surface area contributed by atoms with Gasteiger partial charge in [0.05, 0.1) is 10.8 Å². The van der Waals surface area contributed by atoms with E-state index in [0.717, 1.165) is 0 Å². The number of benzene rings is 1. The largest absolute Gasteiger partial charge is 0.506 e. The summed E-state index contributed by atoms with van der Waals surface area (Å²) in [5, 5.41) is 9.17. The number of hydrogen-bond acceptors (Lipinski definition) is 3. The maximum atomic E-state index is 10.3. The van der Waals surface area contributed by atoms with Gasteiger partial charge in [0.2, 0.25) is 0 Å². The number of phenolic OH excluding ortho intramolecular Hbond substituents is 1. The van der Waals surface area contributed by atoms with Gasteiger partial charge in [0.1, 0.15) is 16.5 Å². The Balaban J connectivity index is 2.97. The molecule has 0 bridgehead atoms. The first-order chi connectivity index (χ1) is 5.59. The van der Waals surface area contributed by atoms with Crippen LogP contribution in [0.3, 0.4) is 0 Å². The zero-order chi connectivity index (χ0) is 9.14. The summed E-state index contributed by atoms with van der Waals surface area (Å²) in [6.45, 7) is 0. The molecule has 1 aromatic carbocycles. The van der Waals surface area contributed by atoms with Gasteiger partial charge in [-0.05, 0) is 17.7 Å². The van der Waals surface area contributed by atoms with Crippen molar-refractivity contribution in [3.8, 4) is 5.75 Å². The summed E-state index contributed by atoms with van der Waals surface area (Å²) in [6, 6.07) is 4.32. The Kier molecular flexibility index (Phi) is 2.94. The van der Waals surface area contributed by atoms with Gasteiger partial charge in [-0.3, -0.25) is 0 Å². The van der Waals surface area contributed by atoms with Crippen molar-refractivity contribution in [3.05, 3.63) is 28.8 Å². The first-order valence-corrected chi connectivity index (χ1v) is 4.93. The van der Waals surface area contributed by atoms with Gasteiger partial charge >= 0.3 is 0 Å². The molecule has 0 aliphatic carbocycles. The summed E-state index contributed by atoms with van der Waals surface area (Å²) < 4.78 is 20.6. The third-order valence-corrected chi connectivity index (χ3v) is 2.25. The fourth-order valence-electron chi connectivity index (χ4n) is 0.798. The predicted molar refractivity (Wildman–Crippen MR) is 47.1 cm³/mol. The Morgan fingerprint density at radius 1 is 1.42 bits per heavy atom. The number of aromatic hydroxyl groups is 1. The lowest BCUT2D eigenvalue weighted by Gasteiger charge is -1.98. The van der Waals surface area contributed by atoms with Crippen LogP contribution in [-0.2, 0) is 16.5 Å². The van der Waals surface area contributed by atoms with Gasteiger partial charge in [-0.25, -0.2) is 8.42 Å². The van der Waals surface area contributed by atoms with E-state index in [0.29, 0.717) is 5.56 Å². The minimum absolute atomic E-state index is 0.0402. The second kappa shape index (κ2) is 3.78. The predicted octanol–water partition coefficient (Wildman–Crippen LogP) is 1.16. The van der Waals surface area contributed by atoms with E-state index in [4.69, 9.17) is 16.7 Å². The zero-order valence-corrected chi connectivity index (χ0v) is 7.68. The molecule has 0 aliphatic heterocycles. The summed E-state index contributed by atoms with van der Waals surface area (Å²) >= 11 is 5.55. The fraction of sp³-hybridized carbons (Fsp3) is 0.143. The van der Waals surface area contributed by atoms with E-state index in [9.17, 15) is 8.42 Å². The first-order valence-electron chi connectivity index (χ1n) is 3.19. The molecule has 0 radical (unpaired) electrons. The van der Waals surface area contributed by atoms with E-state index in [1.165, 1.54) is 18.2 Å². The molecule has 0 heterocycles. The molecule has 66 valence electrons. The second-order valence-electron chi connectivity index (χ2n) is 2.28. The van der Waals surface area contributed by atoms with Crippen molar-refractivity contribution in [1.29, 1.82) is 0 Å². The van der Waals surface area contributed by atoms with E-state index < -0.39 is 10.7 Å². The molecule has 3 nitrogen and oxygen atoms in total. The lowest BCUT2D eigenvalue weighted by Crippen LogP contribution is -1.85. The van der Waals surface area contributed by atoms with Gasteiger partial charge in [-0.2, -0.15) is 0 Å². The molecule has 1 N–H and O–H groups in total. The molecule has 0 spiro atoms. The molecule has 0 aromatic heterocycles. The Hall–Kier alpha value is -0.740. The normalized spacial score (nSPS) is 10.5. The van der Waals surface area contributed by atoms with Crippen LogP contribution in [0.2, 0.25) is 5.02 Å². The Bertz CT molecular complexity index is 352. The summed E-state index contributed by atoms with van der Waals surface area (Å²) in [5.74, 6) is -0.0865. The average molecular weight is 207 g/mol. The Labute approximate surface area is 76.6 Å². The van der Waals surface area contributed by atoms with E-state index >= 15 is 0 Å². The van der Waals surface area contributed by atoms with E-state index in [1.54, 1.807) is 0 Å². The molecule has 0 saturated heterocycles. The van der Waals surface area contributed by atoms with Crippen LogP contribution in [0.1, 0.15) is 5.56 Å². The monoisotopic (exact) mass is 206 g/mol. The van der Waals surface area contributed by atoms with Gasteiger partial charge in [0, 0.05) is 0 Å². The second-order valence-corrected chi connectivity index (χ2v) is 3.67. The van der Waals surface area contributed by atoms with Crippen LogP contribution in [0.4, 0.5) is 0 Å². The summed E-state index contributed by atoms with van der Waals surface area (Å²) in [7, 11) is -2.44. The van der Waals surface area contributed by atoms with Gasteiger partial charge in [0.25, 0.3) is 0 Å². The summed E-state index contributed by atoms with van der Waals surface area (Å²) in [6.07, 6.45) is 0. The molecule has 0 atom stereocenters. The summed E-state index contributed by atoms with van der Waals surface area (Å²) in [4.78, 5) is 0. The van der Waals surface area contributed by atoms with Crippen molar-refractivity contribution in [2.75, 3.05) is 0 Å². The maximum Gasteiger partial charge on any atom is 0.144 e. The van der Waals surface area contributed by atoms with Crippen molar-refractivity contribution < 1.29 is 13.5 Å². The lowest BCUT2D eigenvalue weighted by atomic mass is 10.2. The first kappa shape index (κ1) is 9.35. The van der Waals surface area contributed by atoms with E-state index in [1.807, 2.05) is 0 Å². The van der Waals surface area contributed by atoms with Gasteiger partial charge in [-0.1, -0.05) is 17.7 Å². The molecule has 0 fully saturated rings. The molecule has 0 unspecified atom stereocenters. The molecule has 12 heavy (non-hydrogen) atoms. The molecular formula is C7H7ClO3S. The van der Waals surface area contributed by atoms with Crippen molar-refractivity contribution in [2.24, 2.45) is 0 Å². The van der Waals surface area contributed by atoms with Crippen LogP contribution in [0.5, 0.6) is 5.75 Å². The standard InChI is InChI=1S/C7H7ClO3S/c8-6-3-5(4-12(10)11)1-2-7(6)9/h1-3,9,12H,4H2. The molecule has 0 saturated carbocycles. The van der Waals surface area contributed by atoms with Crippen LogP contribution in [0.15, 0.2) is 18.2 Å². The molecule has 0 aliphatic rings. The highest BCUT2D eigenvalue weighted by atomic mass is 35.5. The van der Waals surface area contributed by atoms with Crippen molar-refractivity contribution in [3.63, 3.8) is 0 Å². The quantitative estimate of drug-likeness (QED) is 0.714. The van der Waals surface area contributed by atoms with Crippen LogP contribution in [0, 0.1) is 0 Å². The average Bonchev–Trinajstić information content (AvgIpc) is 1.96. The minimum atomic E-state index is -2.44. The third kappa shape index (κ3) is 2.39. The third-order valence-electron chi connectivity index (χ3n) is 1.32. The number of halogens is 1. The number of phenols is 1. The molecular weight excluding hydrogens is 200 g/mol. The van der Waals surface area contributed by atoms with Crippen LogP contribution in [-0.4, -0.2) is 13.5 Å². The number of thiol groups is 1. The summed E-state index contributed by atoms with van der Waals surface area (Å²) in [5.41, 5.74) is 0.578. The van der Waals surface area contributed by atoms with Crippen molar-refractivity contribution in [1.82, 2.24) is 0 Å². The zero-order valence-electron chi connectivity index (χ0n) is 6.03. The smallest absolute Gasteiger partial charge is 0.144 e. The highest BCUT2D eigenvalue weighted by Gasteiger charge is 2.00. The van der Waals surface area contributed by atoms with Gasteiger partial charge < -0.3 is 5.11 Å². The van der Waals surface area contributed by atoms with Gasteiger partial charge in [0.15, 0.2) is 0 Å². The van der Waals surface area contributed by atoms with E-state index in [-0.39, 0.29) is 16.5 Å². The number of rotatable bonds is 2. The molecule has 1 aromatic rings. The SMILES string of the molecule is O=[SH](=O)Cc1ccc(O)c(Cl)c1. The highest BCUT2D eigenvalue weighted by Crippen LogP contribution is 2.23. The number of hydrogen-bond donors (Lipinski definition) is 2. The lowest BCUT2D eigenvalue weighted by molar-refractivity contribution is 0.475. The maximum absolute atomic E-state index is 10.3. The Morgan fingerprint density at radius 3 is 2.58 bits per heavy atom. The Morgan fingerprint density at radius 2 is 2.08 bits per heavy atom. The molecule has 0 amide bonds. The van der Waals surface area contributed by atoms with E-state index in [2.05, 4.69) is 0 Å². The minimum Gasteiger partial charge on any atom is -0.506 e. The highest BCUT2D eigenvalue weighted by molar-refractivity contribution is 7.71. The molecule has 5 heteroatoms. The fourth-order valence-corrected chi connectivity index (χ4v) is 1.50. The topological polar surface area (TPSA) is 54.4 Å². The van der Waals surface area contributed by atoms with Crippen LogP contribution < -0.4 is 0 Å². The van der Waals surface area contributed by atoms with Crippen molar-refractivity contribution in [2.45, 2.75) is 5.75 Å². The molecule has 1 rings (SSSR count). The van der Waals surface area contributed by atoms with Gasteiger partial charge in [-0.15, -0.1) is 0 Å². The van der Waals surface area contributed by atoms with Crippen LogP contribution >= 0.6 is 11.6 Å². The van der Waals surface area contributed by atoms with Crippen LogP contribution in [0.25, 0.3) is 0 Å².